The normalized spacial score (nSPS) is 24.1. The van der Waals surface area contributed by atoms with Crippen molar-refractivity contribution >= 4 is 32.2 Å². The van der Waals surface area contributed by atoms with Crippen molar-refractivity contribution in [2.75, 3.05) is 0 Å². The fourth-order valence-corrected chi connectivity index (χ4v) is 8.14. The molecule has 0 spiro atoms. The van der Waals surface area contributed by atoms with E-state index < -0.39 is 30.5 Å². The van der Waals surface area contributed by atoms with Crippen molar-refractivity contribution in [1.29, 1.82) is 0 Å². The Bertz CT molecular complexity index is 555. The Morgan fingerprint density at radius 3 is 1.32 bits per heavy atom. The van der Waals surface area contributed by atoms with E-state index in [1.165, 1.54) is 12.8 Å². The van der Waals surface area contributed by atoms with Gasteiger partial charge in [-0.1, -0.05) is 38.5 Å². The molecule has 0 aromatic carbocycles. The monoisotopic (exact) mass is 412 g/mol. The molecule has 6 nitrogen and oxygen atoms in total. The minimum Gasteiger partial charge on any atom is -0.211 e. The van der Waals surface area contributed by atoms with Crippen LogP contribution in [0.15, 0.2) is 0 Å². The van der Waals surface area contributed by atoms with Crippen LogP contribution in [-0.4, -0.2) is 27.3 Å². The minimum atomic E-state index is -3.55. The van der Waals surface area contributed by atoms with Gasteiger partial charge in [-0.05, 0) is 51.4 Å². The summed E-state index contributed by atoms with van der Waals surface area (Å²) < 4.78 is 54.4. The third-order valence-electron chi connectivity index (χ3n) is 5.92. The molecule has 148 valence electrons. The van der Waals surface area contributed by atoms with Crippen molar-refractivity contribution in [3.05, 3.63) is 0 Å². The SMILES string of the molecule is CC(C1CCCCC1)S(=O)(=O)NSNS(=O)(=O)C(C)C1CCCCC1. The van der Waals surface area contributed by atoms with Crippen LogP contribution >= 0.6 is 12.1 Å². The first-order valence-corrected chi connectivity index (χ1v) is 13.3. The quantitative estimate of drug-likeness (QED) is 0.597. The van der Waals surface area contributed by atoms with Crippen LogP contribution < -0.4 is 8.25 Å². The molecule has 0 aliphatic heterocycles. The molecule has 2 atom stereocenters. The van der Waals surface area contributed by atoms with Crippen LogP contribution in [0.2, 0.25) is 0 Å². The molecule has 0 heterocycles. The summed E-state index contributed by atoms with van der Waals surface area (Å²) in [5.74, 6) is 0.314. The molecule has 2 rings (SSSR count). The average Bonchev–Trinajstić information content (AvgIpc) is 2.61. The number of rotatable bonds is 8. The van der Waals surface area contributed by atoms with E-state index in [-0.39, 0.29) is 11.8 Å². The molecule has 2 fully saturated rings. The summed E-state index contributed by atoms with van der Waals surface area (Å²) in [4.78, 5) is 0. The van der Waals surface area contributed by atoms with Gasteiger partial charge in [0.1, 0.15) is 0 Å². The number of hydrogen-bond acceptors (Lipinski definition) is 5. The Labute approximate surface area is 157 Å². The van der Waals surface area contributed by atoms with E-state index in [4.69, 9.17) is 0 Å². The smallest absolute Gasteiger partial charge is 0.211 e. The van der Waals surface area contributed by atoms with E-state index in [0.717, 1.165) is 51.4 Å². The molecular formula is C16H32N2O4S3. The molecule has 2 aliphatic carbocycles. The first-order valence-electron chi connectivity index (χ1n) is 9.41. The molecular weight excluding hydrogens is 380 g/mol. The minimum absolute atomic E-state index is 0.157. The average molecular weight is 413 g/mol. The van der Waals surface area contributed by atoms with Gasteiger partial charge in [-0.25, -0.2) is 16.8 Å². The predicted octanol–water partition coefficient (Wildman–Crippen LogP) is 3.33. The zero-order chi connectivity index (χ0) is 18.5. The maximum absolute atomic E-state index is 12.4. The van der Waals surface area contributed by atoms with Crippen molar-refractivity contribution in [3.8, 4) is 0 Å². The zero-order valence-electron chi connectivity index (χ0n) is 15.2. The van der Waals surface area contributed by atoms with Crippen LogP contribution in [0.1, 0.15) is 78.1 Å². The number of hydrogen-bond donors (Lipinski definition) is 2. The first-order chi connectivity index (χ1) is 11.7. The standard InChI is InChI=1S/C16H32N2O4S3/c1-13(15-9-5-3-6-10-15)24(19,20)17-23-18-25(21,22)14(2)16-11-7-4-8-12-16/h13-18H,3-12H2,1-2H3. The van der Waals surface area contributed by atoms with Crippen LogP contribution in [0.5, 0.6) is 0 Å². The third kappa shape index (κ3) is 6.09. The molecule has 9 heteroatoms. The lowest BCUT2D eigenvalue weighted by molar-refractivity contribution is 0.348. The maximum atomic E-state index is 12.4. The summed E-state index contributed by atoms with van der Waals surface area (Å²) in [6.45, 7) is 3.44. The molecule has 0 radical (unpaired) electrons. The lowest BCUT2D eigenvalue weighted by Crippen LogP contribution is -2.39. The van der Waals surface area contributed by atoms with Crippen LogP contribution in [-0.2, 0) is 20.0 Å². The van der Waals surface area contributed by atoms with Crippen molar-refractivity contribution < 1.29 is 16.8 Å². The van der Waals surface area contributed by atoms with Gasteiger partial charge in [0.05, 0.1) is 10.5 Å². The zero-order valence-corrected chi connectivity index (χ0v) is 17.7. The van der Waals surface area contributed by atoms with Gasteiger partial charge in [0.25, 0.3) is 0 Å². The highest BCUT2D eigenvalue weighted by Gasteiger charge is 2.33. The summed E-state index contributed by atoms with van der Waals surface area (Å²) >= 11 is 0.576. The van der Waals surface area contributed by atoms with E-state index in [2.05, 4.69) is 8.25 Å². The highest BCUT2D eigenvalue weighted by atomic mass is 32.3. The van der Waals surface area contributed by atoms with Gasteiger partial charge in [0, 0.05) is 12.1 Å². The molecule has 2 aliphatic rings. The first kappa shape index (κ1) is 21.5. The molecule has 0 bridgehead atoms. The van der Waals surface area contributed by atoms with Gasteiger partial charge in [0.2, 0.25) is 20.0 Å². The molecule has 0 aromatic heterocycles. The topological polar surface area (TPSA) is 92.3 Å². The summed E-state index contributed by atoms with van der Waals surface area (Å²) in [5, 5.41) is -0.999. The van der Waals surface area contributed by atoms with Gasteiger partial charge in [-0.2, -0.15) is 0 Å². The van der Waals surface area contributed by atoms with Crippen molar-refractivity contribution in [1.82, 2.24) is 8.25 Å². The van der Waals surface area contributed by atoms with Gasteiger partial charge in [-0.3, -0.25) is 0 Å². The van der Waals surface area contributed by atoms with Crippen molar-refractivity contribution in [3.63, 3.8) is 0 Å². The van der Waals surface area contributed by atoms with E-state index in [0.29, 0.717) is 12.1 Å². The molecule has 2 unspecified atom stereocenters. The highest BCUT2D eigenvalue weighted by molar-refractivity contribution is 8.14. The Hall–Kier alpha value is 0.170. The van der Waals surface area contributed by atoms with Gasteiger partial charge in [0.15, 0.2) is 0 Å². The van der Waals surface area contributed by atoms with Crippen LogP contribution in [0.4, 0.5) is 0 Å². The van der Waals surface area contributed by atoms with Crippen LogP contribution in [0, 0.1) is 11.8 Å². The van der Waals surface area contributed by atoms with E-state index in [1.807, 2.05) is 0 Å². The summed E-state index contributed by atoms with van der Waals surface area (Å²) in [6, 6.07) is 0. The second kappa shape index (κ2) is 9.39. The number of nitrogens with one attached hydrogen (secondary N) is 2. The summed E-state index contributed by atoms with van der Waals surface area (Å²) in [7, 11) is -7.09. The second-order valence-electron chi connectivity index (χ2n) is 7.57. The lowest BCUT2D eigenvalue weighted by Gasteiger charge is -2.28. The molecule has 25 heavy (non-hydrogen) atoms. The molecule has 0 aromatic rings. The Morgan fingerprint density at radius 1 is 0.680 bits per heavy atom. The van der Waals surface area contributed by atoms with Gasteiger partial charge < -0.3 is 0 Å². The molecule has 0 saturated heterocycles. The Balaban J connectivity index is 1.84. The van der Waals surface area contributed by atoms with E-state index in [1.54, 1.807) is 13.8 Å². The summed E-state index contributed by atoms with van der Waals surface area (Å²) in [6.07, 6.45) is 10.3. The highest BCUT2D eigenvalue weighted by Crippen LogP contribution is 2.31. The largest absolute Gasteiger partial charge is 0.224 e. The molecule has 0 amide bonds. The number of sulfonamides is 2. The van der Waals surface area contributed by atoms with Crippen LogP contribution in [0.25, 0.3) is 0 Å². The fourth-order valence-electron chi connectivity index (χ4n) is 4.00. The third-order valence-corrected chi connectivity index (χ3v) is 11.2. The summed E-state index contributed by atoms with van der Waals surface area (Å²) in [5.41, 5.74) is 0. The van der Waals surface area contributed by atoms with Crippen LogP contribution in [0.3, 0.4) is 0 Å². The van der Waals surface area contributed by atoms with E-state index >= 15 is 0 Å². The van der Waals surface area contributed by atoms with Gasteiger partial charge in [-0.15, -0.1) is 8.25 Å². The molecule has 2 saturated carbocycles. The van der Waals surface area contributed by atoms with Crippen molar-refractivity contribution in [2.45, 2.75) is 88.6 Å². The molecule has 2 N–H and O–H groups in total. The fraction of sp³-hybridized carbons (Fsp3) is 1.00. The van der Waals surface area contributed by atoms with Crippen molar-refractivity contribution in [2.24, 2.45) is 11.8 Å². The lowest BCUT2D eigenvalue weighted by atomic mass is 9.87. The Kier molecular flexibility index (Phi) is 8.07. The van der Waals surface area contributed by atoms with Gasteiger partial charge >= 0.3 is 0 Å². The predicted molar refractivity (Wildman–Crippen MR) is 104 cm³/mol. The van der Waals surface area contributed by atoms with E-state index in [9.17, 15) is 16.8 Å². The second-order valence-corrected chi connectivity index (χ2v) is 12.8. The maximum Gasteiger partial charge on any atom is 0.224 e. The Morgan fingerprint density at radius 2 is 1.00 bits per heavy atom.